The summed E-state index contributed by atoms with van der Waals surface area (Å²) >= 11 is 0. The number of carbonyl (C=O) groups is 1. The monoisotopic (exact) mass is 301 g/mol. The van der Waals surface area contributed by atoms with Crippen molar-refractivity contribution in [2.24, 2.45) is 0 Å². The van der Waals surface area contributed by atoms with Crippen LogP contribution in [0.2, 0.25) is 0 Å². The van der Waals surface area contributed by atoms with Crippen molar-refractivity contribution in [3.05, 3.63) is 53.1 Å². The summed E-state index contributed by atoms with van der Waals surface area (Å²) < 4.78 is 13.6. The van der Waals surface area contributed by atoms with Crippen LogP contribution >= 0.6 is 0 Å². The normalized spacial score (nSPS) is 17.9. The summed E-state index contributed by atoms with van der Waals surface area (Å²) in [6.45, 7) is 3.51. The van der Waals surface area contributed by atoms with Gasteiger partial charge in [-0.2, -0.15) is 5.10 Å². The van der Waals surface area contributed by atoms with Crippen LogP contribution in [0, 0.1) is 12.7 Å². The van der Waals surface area contributed by atoms with E-state index in [1.165, 1.54) is 6.07 Å². The molecule has 0 radical (unpaired) electrons. The number of H-pyrrole nitrogens is 1. The Bertz CT molecular complexity index is 667. The molecule has 0 bridgehead atoms. The molecule has 1 aliphatic rings. The number of nitrogens with zero attached hydrogens (tertiary/aromatic N) is 2. The molecule has 0 spiro atoms. The summed E-state index contributed by atoms with van der Waals surface area (Å²) in [5, 5.41) is 7.09. The molecule has 2 heterocycles. The molecular formula is C17H20FN3O. The Balaban J connectivity index is 1.56. The van der Waals surface area contributed by atoms with E-state index in [0.717, 1.165) is 30.8 Å². The third kappa shape index (κ3) is 3.03. The summed E-state index contributed by atoms with van der Waals surface area (Å²) in [5.74, 6) is 0.200. The van der Waals surface area contributed by atoms with Gasteiger partial charge in [-0.05, 0) is 37.0 Å². The average molecular weight is 301 g/mol. The third-order valence-electron chi connectivity index (χ3n) is 4.38. The van der Waals surface area contributed by atoms with Gasteiger partial charge in [0.05, 0.1) is 6.20 Å². The molecule has 4 nitrogen and oxygen atoms in total. The summed E-state index contributed by atoms with van der Waals surface area (Å²) in [6.07, 6.45) is 3.58. The van der Waals surface area contributed by atoms with Gasteiger partial charge in [0.25, 0.3) is 0 Å². The quantitative estimate of drug-likeness (QED) is 0.944. The molecule has 1 aromatic carbocycles. The summed E-state index contributed by atoms with van der Waals surface area (Å²) in [7, 11) is 0. The van der Waals surface area contributed by atoms with Gasteiger partial charge in [-0.25, -0.2) is 4.39 Å². The number of hydrogen-bond acceptors (Lipinski definition) is 2. The van der Waals surface area contributed by atoms with Crippen molar-refractivity contribution in [2.75, 3.05) is 13.1 Å². The number of likely N-dealkylation sites (tertiary alicyclic amines) is 1. The molecule has 22 heavy (non-hydrogen) atoms. The standard InChI is InChI=1S/C17H20FN3O/c1-12-10-19-20-17(12)14-8-9-21(11-14)16(22)7-6-13-4-2-3-5-15(13)18/h2-5,10,14H,6-9,11H2,1H3,(H,19,20). The zero-order valence-electron chi connectivity index (χ0n) is 12.7. The highest BCUT2D eigenvalue weighted by Gasteiger charge is 2.28. The molecule has 1 aliphatic heterocycles. The van der Waals surface area contributed by atoms with Gasteiger partial charge in [0.1, 0.15) is 5.82 Å². The fraction of sp³-hybridized carbons (Fsp3) is 0.412. The second-order valence-corrected chi connectivity index (χ2v) is 5.88. The number of aromatic amines is 1. The molecule has 3 rings (SSSR count). The molecule has 1 atom stereocenters. The van der Waals surface area contributed by atoms with Crippen molar-refractivity contribution in [1.82, 2.24) is 15.1 Å². The van der Waals surface area contributed by atoms with Crippen LogP contribution in [-0.4, -0.2) is 34.1 Å². The molecule has 5 heteroatoms. The minimum absolute atomic E-state index is 0.0999. The van der Waals surface area contributed by atoms with Crippen LogP contribution in [-0.2, 0) is 11.2 Å². The molecule has 1 aromatic heterocycles. The number of aromatic nitrogens is 2. The lowest BCUT2D eigenvalue weighted by molar-refractivity contribution is -0.130. The Morgan fingerprint density at radius 1 is 1.45 bits per heavy atom. The molecule has 1 saturated heterocycles. The Hall–Kier alpha value is -2.17. The maximum atomic E-state index is 13.6. The Morgan fingerprint density at radius 2 is 2.27 bits per heavy atom. The summed E-state index contributed by atoms with van der Waals surface area (Å²) in [6, 6.07) is 6.64. The first-order valence-electron chi connectivity index (χ1n) is 7.66. The van der Waals surface area contributed by atoms with E-state index in [-0.39, 0.29) is 11.7 Å². The lowest BCUT2D eigenvalue weighted by Gasteiger charge is -2.16. The van der Waals surface area contributed by atoms with Crippen molar-refractivity contribution >= 4 is 5.91 Å². The van der Waals surface area contributed by atoms with Gasteiger partial charge in [-0.15, -0.1) is 0 Å². The van der Waals surface area contributed by atoms with E-state index in [4.69, 9.17) is 0 Å². The lowest BCUT2D eigenvalue weighted by atomic mass is 10.0. The van der Waals surface area contributed by atoms with Crippen molar-refractivity contribution in [3.63, 3.8) is 0 Å². The smallest absolute Gasteiger partial charge is 0.222 e. The van der Waals surface area contributed by atoms with Crippen molar-refractivity contribution in [2.45, 2.75) is 32.1 Å². The van der Waals surface area contributed by atoms with E-state index < -0.39 is 0 Å². The number of nitrogens with one attached hydrogen (secondary N) is 1. The first-order valence-corrected chi connectivity index (χ1v) is 7.66. The van der Waals surface area contributed by atoms with Crippen molar-refractivity contribution in [3.8, 4) is 0 Å². The highest BCUT2D eigenvalue weighted by molar-refractivity contribution is 5.76. The Kier molecular flexibility index (Phi) is 4.22. The van der Waals surface area contributed by atoms with Crippen LogP contribution in [0.3, 0.4) is 0 Å². The van der Waals surface area contributed by atoms with Crippen LogP contribution in [0.25, 0.3) is 0 Å². The number of amides is 1. The highest BCUT2D eigenvalue weighted by Crippen LogP contribution is 2.28. The van der Waals surface area contributed by atoms with E-state index in [1.54, 1.807) is 18.2 Å². The van der Waals surface area contributed by atoms with Crippen LogP contribution in [0.15, 0.2) is 30.5 Å². The van der Waals surface area contributed by atoms with Crippen LogP contribution in [0.4, 0.5) is 4.39 Å². The molecule has 116 valence electrons. The zero-order valence-corrected chi connectivity index (χ0v) is 12.7. The summed E-state index contributed by atoms with van der Waals surface area (Å²) in [5.41, 5.74) is 2.88. The van der Waals surface area contributed by atoms with Gasteiger partial charge in [0.2, 0.25) is 5.91 Å². The van der Waals surface area contributed by atoms with Crippen LogP contribution in [0.1, 0.15) is 35.6 Å². The number of aryl methyl sites for hydroxylation is 2. The minimum atomic E-state index is -0.234. The molecule has 1 unspecified atom stereocenters. The largest absolute Gasteiger partial charge is 0.342 e. The number of benzene rings is 1. The molecule has 2 aromatic rings. The molecule has 1 amide bonds. The van der Waals surface area contributed by atoms with E-state index in [2.05, 4.69) is 10.2 Å². The molecular weight excluding hydrogens is 281 g/mol. The van der Waals surface area contributed by atoms with Gasteiger partial charge in [-0.3, -0.25) is 9.89 Å². The average Bonchev–Trinajstić information content (AvgIpc) is 3.14. The van der Waals surface area contributed by atoms with Gasteiger partial charge in [-0.1, -0.05) is 18.2 Å². The maximum absolute atomic E-state index is 13.6. The third-order valence-corrected chi connectivity index (χ3v) is 4.38. The Morgan fingerprint density at radius 3 is 3.00 bits per heavy atom. The van der Waals surface area contributed by atoms with E-state index >= 15 is 0 Å². The van der Waals surface area contributed by atoms with Gasteiger partial charge in [0.15, 0.2) is 0 Å². The summed E-state index contributed by atoms with van der Waals surface area (Å²) in [4.78, 5) is 14.2. The van der Waals surface area contributed by atoms with Crippen molar-refractivity contribution < 1.29 is 9.18 Å². The van der Waals surface area contributed by atoms with Crippen LogP contribution in [0.5, 0.6) is 0 Å². The predicted molar refractivity (Wildman–Crippen MR) is 82.0 cm³/mol. The second kappa shape index (κ2) is 6.30. The number of carbonyl (C=O) groups excluding carboxylic acids is 1. The zero-order chi connectivity index (χ0) is 15.5. The first kappa shape index (κ1) is 14.8. The SMILES string of the molecule is Cc1cn[nH]c1C1CCN(C(=O)CCc2ccccc2F)C1. The van der Waals surface area contributed by atoms with Gasteiger partial charge < -0.3 is 4.90 Å². The fourth-order valence-corrected chi connectivity index (χ4v) is 3.09. The van der Waals surface area contributed by atoms with Gasteiger partial charge >= 0.3 is 0 Å². The molecule has 0 saturated carbocycles. The number of hydrogen-bond donors (Lipinski definition) is 1. The van der Waals surface area contributed by atoms with E-state index in [1.807, 2.05) is 18.0 Å². The minimum Gasteiger partial charge on any atom is -0.342 e. The van der Waals surface area contributed by atoms with Crippen LogP contribution < -0.4 is 0 Å². The second-order valence-electron chi connectivity index (χ2n) is 5.88. The Labute approximate surface area is 129 Å². The fourth-order valence-electron chi connectivity index (χ4n) is 3.09. The molecule has 1 N–H and O–H groups in total. The van der Waals surface area contributed by atoms with E-state index in [0.29, 0.717) is 24.3 Å². The number of rotatable bonds is 4. The van der Waals surface area contributed by atoms with E-state index in [9.17, 15) is 9.18 Å². The molecule has 0 aliphatic carbocycles. The molecule has 1 fully saturated rings. The van der Waals surface area contributed by atoms with Crippen molar-refractivity contribution in [1.29, 1.82) is 0 Å². The maximum Gasteiger partial charge on any atom is 0.222 e. The first-order chi connectivity index (χ1) is 10.6. The topological polar surface area (TPSA) is 49.0 Å². The lowest BCUT2D eigenvalue weighted by Crippen LogP contribution is -2.28. The predicted octanol–water partition coefficient (Wildman–Crippen LogP) is 2.81. The van der Waals surface area contributed by atoms with Gasteiger partial charge in [0, 0.05) is 31.1 Å². The highest BCUT2D eigenvalue weighted by atomic mass is 19.1. The number of halogens is 1.